The summed E-state index contributed by atoms with van der Waals surface area (Å²) in [4.78, 5) is 6.91. The number of rotatable bonds is 1. The number of aliphatic imine (C=N–C) groups is 1. The molecule has 1 saturated carbocycles. The first-order valence-corrected chi connectivity index (χ1v) is 6.50. The van der Waals surface area contributed by atoms with Crippen LogP contribution in [0.3, 0.4) is 0 Å². The van der Waals surface area contributed by atoms with Gasteiger partial charge < -0.3 is 10.6 Å². The second-order valence-electron chi connectivity index (χ2n) is 6.26. The molecule has 1 aliphatic heterocycles. The largest absolute Gasteiger partial charge is 0.370 e. The lowest BCUT2D eigenvalue weighted by molar-refractivity contribution is -0.00490. The van der Waals surface area contributed by atoms with Crippen LogP contribution in [0, 0.1) is 5.41 Å². The van der Waals surface area contributed by atoms with Crippen molar-refractivity contribution in [3.8, 4) is 0 Å². The molecule has 3 heteroatoms. The van der Waals surface area contributed by atoms with Crippen molar-refractivity contribution in [2.75, 3.05) is 6.54 Å². The van der Waals surface area contributed by atoms with E-state index < -0.39 is 0 Å². The fourth-order valence-corrected chi connectivity index (χ4v) is 3.64. The Hall–Kier alpha value is -0.730. The van der Waals surface area contributed by atoms with Gasteiger partial charge in [0.15, 0.2) is 5.96 Å². The van der Waals surface area contributed by atoms with Crippen LogP contribution in [-0.2, 0) is 0 Å². The molecule has 1 aliphatic carbocycles. The first kappa shape index (κ1) is 11.7. The topological polar surface area (TPSA) is 41.6 Å². The highest BCUT2D eigenvalue weighted by molar-refractivity contribution is 5.81. The Labute approximate surface area is 99.1 Å². The summed E-state index contributed by atoms with van der Waals surface area (Å²) in [5.41, 5.74) is 6.59. The third-order valence-corrected chi connectivity index (χ3v) is 4.63. The average Bonchev–Trinajstić information content (AvgIpc) is 2.50. The average molecular weight is 223 g/mol. The first-order chi connectivity index (χ1) is 7.41. The van der Waals surface area contributed by atoms with Crippen LogP contribution in [0.5, 0.6) is 0 Å². The molecule has 92 valence electrons. The lowest BCUT2D eigenvalue weighted by Crippen LogP contribution is -2.63. The minimum atomic E-state index is 0.184. The molecular weight excluding hydrogens is 198 g/mol. The summed E-state index contributed by atoms with van der Waals surface area (Å²) in [5, 5.41) is 0. The molecule has 0 aromatic carbocycles. The van der Waals surface area contributed by atoms with E-state index in [2.05, 4.69) is 37.6 Å². The molecule has 0 bridgehead atoms. The van der Waals surface area contributed by atoms with E-state index in [4.69, 9.17) is 5.73 Å². The van der Waals surface area contributed by atoms with E-state index in [1.165, 1.54) is 25.7 Å². The van der Waals surface area contributed by atoms with E-state index in [-0.39, 0.29) is 5.54 Å². The molecule has 0 radical (unpaired) electrons. The summed E-state index contributed by atoms with van der Waals surface area (Å²) >= 11 is 0. The first-order valence-electron chi connectivity index (χ1n) is 6.50. The van der Waals surface area contributed by atoms with E-state index in [9.17, 15) is 0 Å². The monoisotopic (exact) mass is 223 g/mol. The van der Waals surface area contributed by atoms with E-state index in [0.29, 0.717) is 11.5 Å². The molecule has 1 unspecified atom stereocenters. The van der Waals surface area contributed by atoms with Crippen LogP contribution in [0.2, 0.25) is 0 Å². The summed E-state index contributed by atoms with van der Waals surface area (Å²) in [6.45, 7) is 10.1. The van der Waals surface area contributed by atoms with Gasteiger partial charge in [0.1, 0.15) is 0 Å². The molecular formula is C13H25N3. The molecule has 2 rings (SSSR count). The van der Waals surface area contributed by atoms with Gasteiger partial charge in [0.05, 0.1) is 12.1 Å². The Morgan fingerprint density at radius 1 is 1.25 bits per heavy atom. The van der Waals surface area contributed by atoms with Crippen molar-refractivity contribution in [3.05, 3.63) is 0 Å². The molecule has 16 heavy (non-hydrogen) atoms. The summed E-state index contributed by atoms with van der Waals surface area (Å²) in [7, 11) is 0. The van der Waals surface area contributed by atoms with Crippen molar-refractivity contribution >= 4 is 5.96 Å². The van der Waals surface area contributed by atoms with Gasteiger partial charge in [0.25, 0.3) is 0 Å². The molecule has 1 atom stereocenters. The zero-order valence-electron chi connectivity index (χ0n) is 11.1. The van der Waals surface area contributed by atoms with Crippen LogP contribution in [0.4, 0.5) is 0 Å². The van der Waals surface area contributed by atoms with Crippen molar-refractivity contribution in [2.24, 2.45) is 16.1 Å². The van der Waals surface area contributed by atoms with Crippen molar-refractivity contribution < 1.29 is 0 Å². The maximum atomic E-state index is 6.08. The highest BCUT2D eigenvalue weighted by Crippen LogP contribution is 2.50. The Balaban J connectivity index is 2.37. The smallest absolute Gasteiger partial charge is 0.192 e. The van der Waals surface area contributed by atoms with Gasteiger partial charge in [-0.1, -0.05) is 26.7 Å². The normalized spacial score (nSPS) is 33.6. The molecule has 2 N–H and O–H groups in total. The minimum absolute atomic E-state index is 0.184. The van der Waals surface area contributed by atoms with Gasteiger partial charge in [0.2, 0.25) is 0 Å². The molecule has 0 amide bonds. The Morgan fingerprint density at radius 2 is 1.88 bits per heavy atom. The number of hydrogen-bond donors (Lipinski definition) is 1. The highest BCUT2D eigenvalue weighted by atomic mass is 15.4. The Morgan fingerprint density at radius 3 is 2.44 bits per heavy atom. The summed E-state index contributed by atoms with van der Waals surface area (Å²) in [6.07, 6.45) is 5.19. The Kier molecular flexibility index (Phi) is 2.67. The van der Waals surface area contributed by atoms with Crippen molar-refractivity contribution in [1.82, 2.24) is 4.90 Å². The zero-order valence-corrected chi connectivity index (χ0v) is 11.1. The zero-order chi connectivity index (χ0) is 12.0. The van der Waals surface area contributed by atoms with Gasteiger partial charge in [0, 0.05) is 6.04 Å². The molecule has 3 nitrogen and oxygen atoms in total. The molecule has 1 heterocycles. The lowest BCUT2D eigenvalue weighted by atomic mass is 9.62. The van der Waals surface area contributed by atoms with Gasteiger partial charge in [-0.2, -0.15) is 0 Å². The SMILES string of the molecule is CC(C)N1C(N)=NCC12CCCCC2(C)C. The third kappa shape index (κ3) is 1.44. The second kappa shape index (κ2) is 3.64. The van der Waals surface area contributed by atoms with E-state index in [1.807, 2.05) is 0 Å². The second-order valence-corrected chi connectivity index (χ2v) is 6.26. The molecule has 0 aromatic rings. The maximum Gasteiger partial charge on any atom is 0.192 e. The van der Waals surface area contributed by atoms with Gasteiger partial charge in [-0.05, 0) is 32.1 Å². The maximum absolute atomic E-state index is 6.08. The van der Waals surface area contributed by atoms with Gasteiger partial charge in [-0.3, -0.25) is 4.99 Å². The Bertz CT molecular complexity index is 306. The van der Waals surface area contributed by atoms with Crippen molar-refractivity contribution in [2.45, 2.75) is 65.0 Å². The number of hydrogen-bond acceptors (Lipinski definition) is 3. The standard InChI is InChI=1S/C13H25N3/c1-10(2)16-11(14)15-9-13(16)8-6-5-7-12(13,3)4/h10H,5-9H2,1-4H3,(H2,14,15). The fourth-order valence-electron chi connectivity index (χ4n) is 3.64. The van der Waals surface area contributed by atoms with Gasteiger partial charge in [-0.15, -0.1) is 0 Å². The van der Waals surface area contributed by atoms with Crippen LogP contribution in [0.15, 0.2) is 4.99 Å². The predicted molar refractivity (Wildman–Crippen MR) is 68.4 cm³/mol. The van der Waals surface area contributed by atoms with Crippen molar-refractivity contribution in [1.29, 1.82) is 0 Å². The van der Waals surface area contributed by atoms with Crippen LogP contribution in [-0.4, -0.2) is 29.0 Å². The van der Waals surface area contributed by atoms with Crippen LogP contribution in [0.1, 0.15) is 53.4 Å². The third-order valence-electron chi connectivity index (χ3n) is 4.63. The number of nitrogens with two attached hydrogens (primary N) is 1. The number of guanidine groups is 1. The van der Waals surface area contributed by atoms with Gasteiger partial charge in [-0.25, -0.2) is 0 Å². The lowest BCUT2D eigenvalue weighted by Gasteiger charge is -2.54. The van der Waals surface area contributed by atoms with E-state index >= 15 is 0 Å². The molecule has 2 aliphatic rings. The van der Waals surface area contributed by atoms with Gasteiger partial charge >= 0.3 is 0 Å². The van der Waals surface area contributed by atoms with Crippen molar-refractivity contribution in [3.63, 3.8) is 0 Å². The fraction of sp³-hybridized carbons (Fsp3) is 0.923. The van der Waals surface area contributed by atoms with Crippen LogP contribution in [0.25, 0.3) is 0 Å². The molecule has 0 saturated heterocycles. The molecule has 1 spiro atoms. The predicted octanol–water partition coefficient (Wildman–Crippen LogP) is 2.36. The van der Waals surface area contributed by atoms with Crippen LogP contribution >= 0.6 is 0 Å². The molecule has 1 fully saturated rings. The summed E-state index contributed by atoms with van der Waals surface area (Å²) in [6, 6.07) is 0.448. The minimum Gasteiger partial charge on any atom is -0.370 e. The van der Waals surface area contributed by atoms with E-state index in [1.54, 1.807) is 0 Å². The summed E-state index contributed by atoms with van der Waals surface area (Å²) in [5.74, 6) is 0.755. The van der Waals surface area contributed by atoms with E-state index in [0.717, 1.165) is 12.5 Å². The quantitative estimate of drug-likeness (QED) is 0.741. The molecule has 0 aromatic heterocycles. The summed E-state index contributed by atoms with van der Waals surface area (Å²) < 4.78 is 0. The van der Waals surface area contributed by atoms with Crippen LogP contribution < -0.4 is 5.73 Å². The number of nitrogens with zero attached hydrogens (tertiary/aromatic N) is 2. The highest BCUT2D eigenvalue weighted by Gasteiger charge is 2.54.